The summed E-state index contributed by atoms with van der Waals surface area (Å²) in [5.74, 6) is -0.148. The van der Waals surface area contributed by atoms with Crippen molar-refractivity contribution in [1.29, 1.82) is 0 Å². The average molecular weight is 420 g/mol. The Balaban J connectivity index is 1.47. The second kappa shape index (κ2) is 7.76. The summed E-state index contributed by atoms with van der Waals surface area (Å²) in [5, 5.41) is 3.58. The second-order valence-electron chi connectivity index (χ2n) is 7.18. The molecule has 4 aromatic rings. The Labute approximate surface area is 174 Å². The van der Waals surface area contributed by atoms with E-state index in [1.54, 1.807) is 60.9 Å². The van der Waals surface area contributed by atoms with Crippen molar-refractivity contribution < 1.29 is 17.6 Å². The number of aromatic nitrogens is 1. The van der Waals surface area contributed by atoms with Crippen molar-refractivity contribution in [2.24, 2.45) is 0 Å². The van der Waals surface area contributed by atoms with E-state index in [0.29, 0.717) is 5.58 Å². The Morgan fingerprint density at radius 1 is 0.967 bits per heavy atom. The van der Waals surface area contributed by atoms with Crippen LogP contribution in [0.5, 0.6) is 0 Å². The van der Waals surface area contributed by atoms with Gasteiger partial charge >= 0.3 is 0 Å². The van der Waals surface area contributed by atoms with Gasteiger partial charge in [0.05, 0.1) is 16.0 Å². The standard InChI is InChI=1S/C23H20N2O4S/c1-15-9-16(2)11-20(10-15)30(27,28)19-5-3-17(4-6-19)13-25-23(26)21-12-18-7-8-24-14-22(18)29-21/h3-12,14H,13H2,1-2H3,(H,25,26). The van der Waals surface area contributed by atoms with Crippen molar-refractivity contribution in [1.82, 2.24) is 10.3 Å². The van der Waals surface area contributed by atoms with Crippen LogP contribution in [0.25, 0.3) is 11.0 Å². The Morgan fingerprint density at radius 3 is 2.33 bits per heavy atom. The van der Waals surface area contributed by atoms with Gasteiger partial charge in [-0.1, -0.05) is 18.2 Å². The zero-order valence-corrected chi connectivity index (χ0v) is 17.4. The van der Waals surface area contributed by atoms with Crippen LogP contribution in [0.2, 0.25) is 0 Å². The van der Waals surface area contributed by atoms with Crippen molar-refractivity contribution in [2.45, 2.75) is 30.2 Å². The summed E-state index contributed by atoms with van der Waals surface area (Å²) in [7, 11) is -3.60. The monoisotopic (exact) mass is 420 g/mol. The van der Waals surface area contributed by atoms with Crippen LogP contribution in [0.3, 0.4) is 0 Å². The Hall–Kier alpha value is -3.45. The third-order valence-corrected chi connectivity index (χ3v) is 6.49. The summed E-state index contributed by atoms with van der Waals surface area (Å²) < 4.78 is 31.3. The third kappa shape index (κ3) is 3.97. The van der Waals surface area contributed by atoms with Crippen LogP contribution in [-0.2, 0) is 16.4 Å². The predicted octanol–water partition coefficient (Wildman–Crippen LogP) is 4.21. The molecule has 0 aliphatic rings. The molecular formula is C23H20N2O4S. The summed E-state index contributed by atoms with van der Waals surface area (Å²) in [6.45, 7) is 3.99. The number of furan rings is 1. The first-order chi connectivity index (χ1) is 14.3. The molecule has 0 radical (unpaired) electrons. The number of pyridine rings is 1. The van der Waals surface area contributed by atoms with E-state index in [1.807, 2.05) is 19.9 Å². The minimum Gasteiger partial charge on any atom is -0.449 e. The molecule has 1 N–H and O–H groups in total. The first-order valence-corrected chi connectivity index (χ1v) is 10.9. The van der Waals surface area contributed by atoms with Crippen molar-refractivity contribution in [3.05, 3.63) is 89.4 Å². The van der Waals surface area contributed by atoms with E-state index in [4.69, 9.17) is 4.42 Å². The fourth-order valence-corrected chi connectivity index (χ4v) is 4.72. The topological polar surface area (TPSA) is 89.3 Å². The molecule has 2 aromatic carbocycles. The SMILES string of the molecule is Cc1cc(C)cc(S(=O)(=O)c2ccc(CNC(=O)c3cc4ccncc4o3)cc2)c1. The van der Waals surface area contributed by atoms with Crippen LogP contribution < -0.4 is 5.32 Å². The fourth-order valence-electron chi connectivity index (χ4n) is 3.28. The molecule has 30 heavy (non-hydrogen) atoms. The van der Waals surface area contributed by atoms with E-state index in [0.717, 1.165) is 22.1 Å². The number of hydrogen-bond acceptors (Lipinski definition) is 5. The lowest BCUT2D eigenvalue weighted by Crippen LogP contribution is -2.22. The molecule has 152 valence electrons. The number of rotatable bonds is 5. The molecular weight excluding hydrogens is 400 g/mol. The first-order valence-electron chi connectivity index (χ1n) is 9.37. The number of nitrogens with zero attached hydrogens (tertiary/aromatic N) is 1. The quantitative estimate of drug-likeness (QED) is 0.522. The van der Waals surface area contributed by atoms with Gasteiger partial charge in [0.25, 0.3) is 5.91 Å². The normalized spacial score (nSPS) is 11.5. The molecule has 7 heteroatoms. The highest BCUT2D eigenvalue weighted by Gasteiger charge is 2.18. The molecule has 0 saturated heterocycles. The van der Waals surface area contributed by atoms with Crippen molar-refractivity contribution >= 4 is 26.7 Å². The zero-order chi connectivity index (χ0) is 21.3. The molecule has 0 atom stereocenters. The Kier molecular flexibility index (Phi) is 5.13. The maximum atomic E-state index is 12.9. The van der Waals surface area contributed by atoms with Gasteiger partial charge in [0.1, 0.15) is 0 Å². The number of benzene rings is 2. The van der Waals surface area contributed by atoms with E-state index in [-0.39, 0.29) is 28.0 Å². The molecule has 0 aliphatic carbocycles. The van der Waals surface area contributed by atoms with Crippen LogP contribution >= 0.6 is 0 Å². The zero-order valence-electron chi connectivity index (χ0n) is 16.5. The predicted molar refractivity (Wildman–Crippen MR) is 113 cm³/mol. The summed E-state index contributed by atoms with van der Waals surface area (Å²) in [5.41, 5.74) is 3.12. The van der Waals surface area contributed by atoms with E-state index in [9.17, 15) is 13.2 Å². The van der Waals surface area contributed by atoms with Crippen LogP contribution in [0.4, 0.5) is 0 Å². The molecule has 0 aliphatic heterocycles. The van der Waals surface area contributed by atoms with Crippen molar-refractivity contribution in [3.8, 4) is 0 Å². The molecule has 0 saturated carbocycles. The highest BCUT2D eigenvalue weighted by molar-refractivity contribution is 7.91. The molecule has 2 heterocycles. The van der Waals surface area contributed by atoms with Gasteiger partial charge in [0, 0.05) is 18.1 Å². The van der Waals surface area contributed by atoms with Gasteiger partial charge in [0.15, 0.2) is 11.3 Å². The van der Waals surface area contributed by atoms with Gasteiger partial charge in [-0.15, -0.1) is 0 Å². The second-order valence-corrected chi connectivity index (χ2v) is 9.13. The maximum Gasteiger partial charge on any atom is 0.287 e. The smallest absolute Gasteiger partial charge is 0.287 e. The van der Waals surface area contributed by atoms with Gasteiger partial charge in [-0.2, -0.15) is 0 Å². The molecule has 6 nitrogen and oxygen atoms in total. The maximum absolute atomic E-state index is 12.9. The molecule has 0 unspecified atom stereocenters. The van der Waals surface area contributed by atoms with Gasteiger partial charge < -0.3 is 9.73 Å². The van der Waals surface area contributed by atoms with Crippen molar-refractivity contribution in [3.63, 3.8) is 0 Å². The van der Waals surface area contributed by atoms with Crippen LogP contribution in [0.1, 0.15) is 27.2 Å². The number of carbonyl (C=O) groups is 1. The third-order valence-electron chi connectivity index (χ3n) is 4.74. The molecule has 0 bridgehead atoms. The van der Waals surface area contributed by atoms with E-state index in [1.165, 1.54) is 0 Å². The first kappa shape index (κ1) is 19.8. The largest absolute Gasteiger partial charge is 0.449 e. The summed E-state index contributed by atoms with van der Waals surface area (Å²) in [6, 6.07) is 15.2. The van der Waals surface area contributed by atoms with Gasteiger partial charge in [-0.3, -0.25) is 9.78 Å². The number of aryl methyl sites for hydroxylation is 2. The lowest BCUT2D eigenvalue weighted by atomic mass is 10.2. The Morgan fingerprint density at radius 2 is 1.67 bits per heavy atom. The number of carbonyl (C=O) groups excluding carboxylic acids is 1. The number of fused-ring (bicyclic) bond motifs is 1. The van der Waals surface area contributed by atoms with E-state index >= 15 is 0 Å². The summed E-state index contributed by atoms with van der Waals surface area (Å²) in [6.07, 6.45) is 3.19. The fraction of sp³-hybridized carbons (Fsp3) is 0.130. The number of sulfone groups is 1. The highest BCUT2D eigenvalue weighted by Crippen LogP contribution is 2.23. The van der Waals surface area contributed by atoms with E-state index < -0.39 is 9.84 Å². The molecule has 2 aromatic heterocycles. The Bertz CT molecular complexity index is 1290. The molecule has 4 rings (SSSR count). The molecule has 1 amide bonds. The number of amides is 1. The minimum atomic E-state index is -3.60. The molecule has 0 spiro atoms. The number of hydrogen-bond donors (Lipinski definition) is 1. The number of nitrogens with one attached hydrogen (secondary N) is 1. The van der Waals surface area contributed by atoms with E-state index in [2.05, 4.69) is 10.3 Å². The summed E-state index contributed by atoms with van der Waals surface area (Å²) in [4.78, 5) is 16.8. The van der Waals surface area contributed by atoms with Gasteiger partial charge in [-0.25, -0.2) is 8.42 Å². The van der Waals surface area contributed by atoms with Crippen LogP contribution in [-0.4, -0.2) is 19.3 Å². The lowest BCUT2D eigenvalue weighted by Gasteiger charge is -2.09. The van der Waals surface area contributed by atoms with Gasteiger partial charge in [-0.05, 0) is 66.9 Å². The van der Waals surface area contributed by atoms with Crippen molar-refractivity contribution in [2.75, 3.05) is 0 Å². The molecule has 0 fully saturated rings. The highest BCUT2D eigenvalue weighted by atomic mass is 32.2. The average Bonchev–Trinajstić information content (AvgIpc) is 3.16. The minimum absolute atomic E-state index is 0.201. The lowest BCUT2D eigenvalue weighted by molar-refractivity contribution is 0.0925. The van der Waals surface area contributed by atoms with Gasteiger partial charge in [0.2, 0.25) is 9.84 Å². The van der Waals surface area contributed by atoms with Crippen LogP contribution in [0.15, 0.2) is 81.2 Å². The van der Waals surface area contributed by atoms with Crippen LogP contribution in [0, 0.1) is 13.8 Å². The summed E-state index contributed by atoms with van der Waals surface area (Å²) >= 11 is 0.